The molecule has 2 N–H and O–H groups in total. The van der Waals surface area contributed by atoms with Crippen molar-refractivity contribution in [3.05, 3.63) is 89.7 Å². The maximum Gasteiger partial charge on any atom is 0.252 e. The number of hydrogen-bond acceptors (Lipinski definition) is 4. The van der Waals surface area contributed by atoms with Gasteiger partial charge in [0.1, 0.15) is 5.03 Å². The number of nitrogens with zero attached hydrogens (tertiary/aromatic N) is 2. The van der Waals surface area contributed by atoms with Crippen LogP contribution in [0.3, 0.4) is 0 Å². The molecule has 4 nitrogen and oxygen atoms in total. The second kappa shape index (κ2) is 8.52. The molecule has 0 radical (unpaired) electrons. The van der Waals surface area contributed by atoms with Crippen LogP contribution in [-0.4, -0.2) is 15.9 Å². The van der Waals surface area contributed by atoms with Crippen LogP contribution in [0.25, 0.3) is 22.0 Å². The second-order valence-corrected chi connectivity index (χ2v) is 9.47. The number of carbonyl (C=O) groups is 1. The lowest BCUT2D eigenvalue weighted by atomic mass is 9.86. The van der Waals surface area contributed by atoms with Crippen molar-refractivity contribution in [3.8, 4) is 11.1 Å². The first-order chi connectivity index (χ1) is 14.8. The number of nitrogens with two attached hydrogens (primary N) is 1. The van der Waals surface area contributed by atoms with Gasteiger partial charge >= 0.3 is 0 Å². The minimum absolute atomic E-state index is 0.0671. The van der Waals surface area contributed by atoms with Crippen LogP contribution in [-0.2, 0) is 11.2 Å². The molecule has 4 aromatic rings. The van der Waals surface area contributed by atoms with Gasteiger partial charge in [-0.1, -0.05) is 63.2 Å². The van der Waals surface area contributed by atoms with E-state index in [1.165, 1.54) is 17.3 Å². The maximum absolute atomic E-state index is 12.4. The zero-order valence-electron chi connectivity index (χ0n) is 17.9. The summed E-state index contributed by atoms with van der Waals surface area (Å²) in [6.07, 6.45) is 3.56. The summed E-state index contributed by atoms with van der Waals surface area (Å²) in [4.78, 5) is 21.3. The number of thioether (sulfide) groups is 1. The lowest BCUT2D eigenvalue weighted by molar-refractivity contribution is 0.0997. The monoisotopic (exact) mass is 427 g/mol. The van der Waals surface area contributed by atoms with Crippen LogP contribution in [0.15, 0.2) is 78.1 Å². The fourth-order valence-electron chi connectivity index (χ4n) is 3.61. The number of aromatic nitrogens is 2. The maximum atomic E-state index is 12.4. The van der Waals surface area contributed by atoms with Crippen LogP contribution >= 0.6 is 11.8 Å². The number of hydrogen-bond donors (Lipinski definition) is 1. The van der Waals surface area contributed by atoms with E-state index in [9.17, 15) is 4.79 Å². The summed E-state index contributed by atoms with van der Waals surface area (Å²) in [5, 5.41) is 1.75. The lowest BCUT2D eigenvalue weighted by Crippen LogP contribution is -2.15. The van der Waals surface area contributed by atoms with Gasteiger partial charge in [-0.15, -0.1) is 11.8 Å². The van der Waals surface area contributed by atoms with Gasteiger partial charge in [0.2, 0.25) is 0 Å². The van der Waals surface area contributed by atoms with Gasteiger partial charge < -0.3 is 5.73 Å². The number of primary amides is 1. The van der Waals surface area contributed by atoms with E-state index in [0.29, 0.717) is 16.3 Å². The van der Waals surface area contributed by atoms with Crippen molar-refractivity contribution in [1.82, 2.24) is 9.97 Å². The highest BCUT2D eigenvalue weighted by atomic mass is 32.2. The van der Waals surface area contributed by atoms with Crippen molar-refractivity contribution in [2.45, 2.75) is 37.0 Å². The highest BCUT2D eigenvalue weighted by molar-refractivity contribution is 7.98. The van der Waals surface area contributed by atoms with Gasteiger partial charge in [0, 0.05) is 23.5 Å². The van der Waals surface area contributed by atoms with Crippen LogP contribution in [0.4, 0.5) is 0 Å². The molecule has 31 heavy (non-hydrogen) atoms. The largest absolute Gasteiger partial charge is 0.365 e. The number of fused-ring (bicyclic) bond motifs is 1. The fourth-order valence-corrected chi connectivity index (χ4v) is 4.64. The molecule has 0 spiro atoms. The van der Waals surface area contributed by atoms with Crippen LogP contribution in [0, 0.1) is 0 Å². The van der Waals surface area contributed by atoms with Gasteiger partial charge in [0.05, 0.1) is 11.1 Å². The van der Waals surface area contributed by atoms with Crippen molar-refractivity contribution in [2.75, 3.05) is 0 Å². The van der Waals surface area contributed by atoms with Crippen molar-refractivity contribution < 1.29 is 4.79 Å². The Bertz CT molecular complexity index is 1240. The van der Waals surface area contributed by atoms with Crippen molar-refractivity contribution in [3.63, 3.8) is 0 Å². The minimum atomic E-state index is -0.468. The third-order valence-electron chi connectivity index (χ3n) is 5.33. The Balaban J connectivity index is 1.68. The van der Waals surface area contributed by atoms with Gasteiger partial charge in [-0.05, 0) is 45.9 Å². The van der Waals surface area contributed by atoms with E-state index in [-0.39, 0.29) is 5.41 Å². The van der Waals surface area contributed by atoms with Crippen LogP contribution in [0.5, 0.6) is 0 Å². The normalized spacial score (nSPS) is 11.6. The summed E-state index contributed by atoms with van der Waals surface area (Å²) in [6, 6.07) is 20.2. The Hall–Kier alpha value is -3.18. The molecule has 0 fully saturated rings. The number of carbonyl (C=O) groups excluding carboxylic acids is 1. The summed E-state index contributed by atoms with van der Waals surface area (Å²) in [5.41, 5.74) is 11.5. The molecule has 0 aliphatic carbocycles. The predicted octanol–water partition coefficient (Wildman–Crippen LogP) is 5.99. The Kier molecular flexibility index (Phi) is 5.79. The van der Waals surface area contributed by atoms with Crippen LogP contribution < -0.4 is 5.73 Å². The molecule has 2 aromatic heterocycles. The van der Waals surface area contributed by atoms with Gasteiger partial charge in [0.25, 0.3) is 5.91 Å². The topological polar surface area (TPSA) is 68.9 Å². The zero-order chi connectivity index (χ0) is 22.0. The third-order valence-corrected chi connectivity index (χ3v) is 6.37. The molecule has 156 valence electrons. The molecule has 2 aromatic carbocycles. The number of para-hydroxylation sites is 1. The van der Waals surface area contributed by atoms with E-state index in [2.05, 4.69) is 48.9 Å². The summed E-state index contributed by atoms with van der Waals surface area (Å²) < 4.78 is 0. The van der Waals surface area contributed by atoms with E-state index in [0.717, 1.165) is 27.6 Å². The molecule has 0 unspecified atom stereocenters. The minimum Gasteiger partial charge on any atom is -0.365 e. The molecular formula is C26H25N3OS. The lowest BCUT2D eigenvalue weighted by Gasteiger charge is -2.19. The summed E-state index contributed by atoms with van der Waals surface area (Å²) in [5.74, 6) is 0.202. The van der Waals surface area contributed by atoms with Crippen LogP contribution in [0.1, 0.15) is 42.3 Å². The quantitative estimate of drug-likeness (QED) is 0.398. The Morgan fingerprint density at radius 2 is 1.65 bits per heavy atom. The molecule has 4 rings (SSSR count). The van der Waals surface area contributed by atoms with Gasteiger partial charge in [0.15, 0.2) is 0 Å². The molecule has 2 heterocycles. The fraction of sp³-hybridized carbons (Fsp3) is 0.192. The van der Waals surface area contributed by atoms with Gasteiger partial charge in [-0.3, -0.25) is 9.78 Å². The molecule has 5 heteroatoms. The average Bonchev–Trinajstić information content (AvgIpc) is 2.76. The first-order valence-electron chi connectivity index (χ1n) is 10.2. The van der Waals surface area contributed by atoms with Crippen molar-refractivity contribution >= 4 is 28.6 Å². The molecule has 0 aliphatic rings. The number of rotatable bonds is 5. The Labute approximate surface area is 186 Å². The summed E-state index contributed by atoms with van der Waals surface area (Å²) >= 11 is 1.52. The van der Waals surface area contributed by atoms with Crippen LogP contribution in [0.2, 0.25) is 0 Å². The predicted molar refractivity (Wildman–Crippen MR) is 128 cm³/mol. The van der Waals surface area contributed by atoms with E-state index in [4.69, 9.17) is 5.73 Å². The Morgan fingerprint density at radius 1 is 0.935 bits per heavy atom. The number of pyridine rings is 2. The van der Waals surface area contributed by atoms with E-state index >= 15 is 0 Å². The highest BCUT2D eigenvalue weighted by Crippen LogP contribution is 2.34. The first kappa shape index (κ1) is 21.1. The molecule has 0 saturated carbocycles. The summed E-state index contributed by atoms with van der Waals surface area (Å²) in [7, 11) is 0. The zero-order valence-corrected chi connectivity index (χ0v) is 18.7. The Morgan fingerprint density at radius 3 is 2.35 bits per heavy atom. The average molecular weight is 428 g/mol. The second-order valence-electron chi connectivity index (χ2n) is 8.51. The van der Waals surface area contributed by atoms with E-state index in [1.807, 2.05) is 48.7 Å². The van der Waals surface area contributed by atoms with E-state index < -0.39 is 5.91 Å². The third kappa shape index (κ3) is 4.47. The number of benzene rings is 2. The highest BCUT2D eigenvalue weighted by Gasteiger charge is 2.19. The summed E-state index contributed by atoms with van der Waals surface area (Å²) in [6.45, 7) is 6.54. The standard InChI is InChI=1S/C26H25N3OS/c1-26(2,3)19-10-8-17(9-11-19)21-13-15-29-25(23(21)24(27)30)31-16-18-12-14-28-22-7-5-4-6-20(18)22/h4-15H,16H2,1-3H3,(H2,27,30). The van der Waals surface area contributed by atoms with Crippen molar-refractivity contribution in [2.24, 2.45) is 5.73 Å². The molecular weight excluding hydrogens is 402 g/mol. The molecule has 0 bridgehead atoms. The molecule has 0 aliphatic heterocycles. The van der Waals surface area contributed by atoms with Gasteiger partial charge in [-0.25, -0.2) is 4.98 Å². The van der Waals surface area contributed by atoms with Gasteiger partial charge in [-0.2, -0.15) is 0 Å². The van der Waals surface area contributed by atoms with Crippen molar-refractivity contribution in [1.29, 1.82) is 0 Å². The SMILES string of the molecule is CC(C)(C)c1ccc(-c2ccnc(SCc3ccnc4ccccc34)c2C(N)=O)cc1. The smallest absolute Gasteiger partial charge is 0.252 e. The number of amides is 1. The molecule has 0 saturated heterocycles. The molecule has 1 amide bonds. The van der Waals surface area contributed by atoms with E-state index in [1.54, 1.807) is 6.20 Å². The molecule has 0 atom stereocenters. The first-order valence-corrected chi connectivity index (χ1v) is 11.2.